The molecule has 2 N–H and O–H groups in total. The molecule has 1 rings (SSSR count). The predicted molar refractivity (Wildman–Crippen MR) is 56.9 cm³/mol. The number of nitrogens with one attached hydrogen (secondary N) is 1. The fourth-order valence-corrected chi connectivity index (χ4v) is 1.23. The number of anilines is 1. The Bertz CT molecular complexity index is 417. The Balaban J connectivity index is 2.83. The van der Waals surface area contributed by atoms with E-state index in [-0.39, 0.29) is 11.7 Å². The van der Waals surface area contributed by atoms with E-state index in [4.69, 9.17) is 5.11 Å². The maximum absolute atomic E-state index is 12.2. The first-order valence-corrected chi connectivity index (χ1v) is 5.12. The molecule has 100 valence electrons. The van der Waals surface area contributed by atoms with E-state index in [1.165, 1.54) is 0 Å². The number of carboxylic acids is 1. The molecule has 0 bridgehead atoms. The van der Waals surface area contributed by atoms with Crippen LogP contribution in [-0.4, -0.2) is 27.3 Å². The van der Waals surface area contributed by atoms with Crippen molar-refractivity contribution >= 4 is 11.8 Å². The van der Waals surface area contributed by atoms with E-state index in [0.717, 1.165) is 12.1 Å². The van der Waals surface area contributed by atoms with Gasteiger partial charge >= 0.3 is 12.1 Å². The molecule has 0 radical (unpaired) electrons. The van der Waals surface area contributed by atoms with Gasteiger partial charge in [0.05, 0.1) is 0 Å². The minimum Gasteiger partial charge on any atom is -0.480 e. The Labute approximate surface area is 101 Å². The van der Waals surface area contributed by atoms with Gasteiger partial charge < -0.3 is 10.4 Å². The maximum Gasteiger partial charge on any atom is 0.435 e. The lowest BCUT2D eigenvalue weighted by atomic mass is 10.1. The third-order valence-corrected chi connectivity index (χ3v) is 2.19. The number of aliphatic carboxylic acids is 1. The molecule has 0 aliphatic carbocycles. The molecule has 0 amide bonds. The average Bonchev–Trinajstić information content (AvgIpc) is 2.24. The fraction of sp³-hybridized carbons (Fsp3) is 0.500. The van der Waals surface area contributed by atoms with Gasteiger partial charge in [-0.15, -0.1) is 10.2 Å². The number of nitrogens with zero attached hydrogens (tertiary/aromatic N) is 2. The van der Waals surface area contributed by atoms with Gasteiger partial charge in [-0.05, 0) is 18.1 Å². The Morgan fingerprint density at radius 3 is 2.28 bits per heavy atom. The lowest BCUT2D eigenvalue weighted by Crippen LogP contribution is -2.34. The summed E-state index contributed by atoms with van der Waals surface area (Å²) in [7, 11) is 0. The third-order valence-electron chi connectivity index (χ3n) is 2.19. The van der Waals surface area contributed by atoms with Crippen molar-refractivity contribution < 1.29 is 23.1 Å². The highest BCUT2D eigenvalue weighted by molar-refractivity contribution is 5.77. The quantitative estimate of drug-likeness (QED) is 0.869. The van der Waals surface area contributed by atoms with Crippen LogP contribution in [0.2, 0.25) is 0 Å². The summed E-state index contributed by atoms with van der Waals surface area (Å²) in [6.45, 7) is 3.34. The topological polar surface area (TPSA) is 75.1 Å². The van der Waals surface area contributed by atoms with Crippen LogP contribution in [-0.2, 0) is 11.0 Å². The first-order valence-electron chi connectivity index (χ1n) is 5.12. The molecule has 0 aliphatic rings. The Morgan fingerprint density at radius 2 is 1.94 bits per heavy atom. The first-order chi connectivity index (χ1) is 8.21. The van der Waals surface area contributed by atoms with Gasteiger partial charge in [-0.1, -0.05) is 13.8 Å². The SMILES string of the molecule is CC(C)[C@H](Nc1ccc(C(F)(F)F)nn1)C(=O)O. The minimum absolute atomic E-state index is 0.0101. The molecule has 0 aromatic carbocycles. The zero-order valence-corrected chi connectivity index (χ0v) is 9.69. The molecule has 0 saturated carbocycles. The molecule has 0 spiro atoms. The van der Waals surface area contributed by atoms with Gasteiger partial charge in [-0.25, -0.2) is 4.79 Å². The molecule has 5 nitrogen and oxygen atoms in total. The van der Waals surface area contributed by atoms with Crippen molar-refractivity contribution in [2.45, 2.75) is 26.1 Å². The van der Waals surface area contributed by atoms with Gasteiger partial charge in [-0.3, -0.25) is 0 Å². The second kappa shape index (κ2) is 5.19. The molecule has 1 aromatic heterocycles. The number of carbonyl (C=O) groups is 1. The van der Waals surface area contributed by atoms with Crippen LogP contribution >= 0.6 is 0 Å². The number of hydrogen-bond acceptors (Lipinski definition) is 4. The van der Waals surface area contributed by atoms with Crippen LogP contribution in [0.4, 0.5) is 19.0 Å². The summed E-state index contributed by atoms with van der Waals surface area (Å²) < 4.78 is 36.7. The molecule has 0 unspecified atom stereocenters. The summed E-state index contributed by atoms with van der Waals surface area (Å²) in [6, 6.07) is 0.860. The third kappa shape index (κ3) is 3.57. The van der Waals surface area contributed by atoms with E-state index < -0.39 is 23.9 Å². The van der Waals surface area contributed by atoms with E-state index in [0.29, 0.717) is 0 Å². The molecular weight excluding hydrogens is 251 g/mol. The normalized spacial score (nSPS) is 13.4. The highest BCUT2D eigenvalue weighted by Gasteiger charge is 2.33. The summed E-state index contributed by atoms with van der Waals surface area (Å²) in [4.78, 5) is 10.9. The molecular formula is C10H12F3N3O2. The van der Waals surface area contributed by atoms with Crippen LogP contribution in [0.5, 0.6) is 0 Å². The Morgan fingerprint density at radius 1 is 1.33 bits per heavy atom. The van der Waals surface area contributed by atoms with Gasteiger partial charge in [-0.2, -0.15) is 13.2 Å². The summed E-state index contributed by atoms with van der Waals surface area (Å²) in [6.07, 6.45) is -4.56. The second-order valence-corrected chi connectivity index (χ2v) is 4.01. The zero-order chi connectivity index (χ0) is 13.9. The Kier molecular flexibility index (Phi) is 4.10. The number of alkyl halides is 3. The lowest BCUT2D eigenvalue weighted by molar-refractivity contribution is -0.142. The second-order valence-electron chi connectivity index (χ2n) is 4.01. The first kappa shape index (κ1) is 14.2. The maximum atomic E-state index is 12.2. The smallest absolute Gasteiger partial charge is 0.435 e. The van der Waals surface area contributed by atoms with Crippen LogP contribution in [0.1, 0.15) is 19.5 Å². The van der Waals surface area contributed by atoms with E-state index in [1.54, 1.807) is 13.8 Å². The molecule has 0 fully saturated rings. The van der Waals surface area contributed by atoms with Crippen LogP contribution in [0.15, 0.2) is 12.1 Å². The standard InChI is InChI=1S/C10H12F3N3O2/c1-5(2)8(9(17)18)14-7-4-3-6(15-16-7)10(11,12)13/h3-5,8H,1-2H3,(H,14,16)(H,17,18)/t8-/m0/s1. The molecule has 0 saturated heterocycles. The van der Waals surface area contributed by atoms with Crippen molar-refractivity contribution in [3.63, 3.8) is 0 Å². The minimum atomic E-state index is -4.56. The summed E-state index contributed by atoms with van der Waals surface area (Å²) in [5.41, 5.74) is -1.12. The van der Waals surface area contributed by atoms with E-state index in [9.17, 15) is 18.0 Å². The van der Waals surface area contributed by atoms with Crippen LogP contribution in [0.25, 0.3) is 0 Å². The summed E-state index contributed by atoms with van der Waals surface area (Å²) in [5.74, 6) is -1.36. The van der Waals surface area contributed by atoms with Crippen molar-refractivity contribution in [2.75, 3.05) is 5.32 Å². The number of hydrogen-bond donors (Lipinski definition) is 2. The number of aromatic nitrogens is 2. The average molecular weight is 263 g/mol. The van der Waals surface area contributed by atoms with E-state index in [2.05, 4.69) is 15.5 Å². The van der Waals surface area contributed by atoms with Gasteiger partial charge in [0.25, 0.3) is 0 Å². The number of carboxylic acid groups (broad SMARTS) is 1. The zero-order valence-electron chi connectivity index (χ0n) is 9.69. The molecule has 8 heteroatoms. The fourth-order valence-electron chi connectivity index (χ4n) is 1.23. The molecule has 1 atom stereocenters. The summed E-state index contributed by atoms with van der Waals surface area (Å²) in [5, 5.41) is 17.7. The largest absolute Gasteiger partial charge is 0.480 e. The molecule has 1 heterocycles. The predicted octanol–water partition coefficient (Wildman–Crippen LogP) is 2.02. The van der Waals surface area contributed by atoms with Gasteiger partial charge in [0.15, 0.2) is 5.69 Å². The summed E-state index contributed by atoms with van der Waals surface area (Å²) >= 11 is 0. The van der Waals surface area contributed by atoms with Gasteiger partial charge in [0, 0.05) is 0 Å². The lowest BCUT2D eigenvalue weighted by Gasteiger charge is -2.18. The van der Waals surface area contributed by atoms with Crippen LogP contribution in [0, 0.1) is 5.92 Å². The van der Waals surface area contributed by atoms with E-state index >= 15 is 0 Å². The van der Waals surface area contributed by atoms with Gasteiger partial charge in [0.1, 0.15) is 11.9 Å². The molecule has 18 heavy (non-hydrogen) atoms. The molecule has 1 aromatic rings. The highest BCUT2D eigenvalue weighted by Crippen LogP contribution is 2.27. The van der Waals surface area contributed by atoms with Crippen molar-refractivity contribution in [2.24, 2.45) is 5.92 Å². The van der Waals surface area contributed by atoms with Crippen molar-refractivity contribution in [1.29, 1.82) is 0 Å². The van der Waals surface area contributed by atoms with E-state index in [1.807, 2.05) is 0 Å². The van der Waals surface area contributed by atoms with Crippen LogP contribution in [0.3, 0.4) is 0 Å². The number of rotatable bonds is 4. The number of halogens is 3. The monoisotopic (exact) mass is 263 g/mol. The molecule has 0 aliphatic heterocycles. The Hall–Kier alpha value is -1.86. The van der Waals surface area contributed by atoms with Gasteiger partial charge in [0.2, 0.25) is 0 Å². The van der Waals surface area contributed by atoms with Crippen molar-refractivity contribution in [1.82, 2.24) is 10.2 Å². The highest BCUT2D eigenvalue weighted by atomic mass is 19.4. The van der Waals surface area contributed by atoms with Crippen molar-refractivity contribution in [3.05, 3.63) is 17.8 Å². The van der Waals surface area contributed by atoms with Crippen LogP contribution < -0.4 is 5.32 Å². The van der Waals surface area contributed by atoms with Crippen molar-refractivity contribution in [3.8, 4) is 0 Å².